The van der Waals surface area contributed by atoms with Gasteiger partial charge in [0.2, 0.25) is 10.0 Å². The topological polar surface area (TPSA) is 127 Å². The number of nitrogen functional groups attached to an aromatic ring is 1. The van der Waals surface area contributed by atoms with Gasteiger partial charge < -0.3 is 5.43 Å². The summed E-state index contributed by atoms with van der Waals surface area (Å²) in [5.41, 5.74) is 1.80. The van der Waals surface area contributed by atoms with E-state index in [1.807, 2.05) is 0 Å². The molecule has 0 radical (unpaired) electrons. The third-order valence-corrected chi connectivity index (χ3v) is 5.81. The van der Waals surface area contributed by atoms with Crippen LogP contribution >= 0.6 is 11.3 Å². The van der Waals surface area contributed by atoms with Crippen LogP contribution in [0.2, 0.25) is 0 Å². The predicted molar refractivity (Wildman–Crippen MR) is 71.3 cm³/mol. The third-order valence-electron chi connectivity index (χ3n) is 2.82. The molecule has 2 rings (SSSR count). The van der Waals surface area contributed by atoms with E-state index in [2.05, 4.69) is 10.1 Å². The molecule has 0 unspecified atom stereocenters. The fourth-order valence-electron chi connectivity index (χ4n) is 1.61. The van der Waals surface area contributed by atoms with Gasteiger partial charge in [0.05, 0.1) is 4.92 Å². The number of nitro groups is 1. The summed E-state index contributed by atoms with van der Waals surface area (Å²) in [5.74, 6) is 5.75. The van der Waals surface area contributed by atoms with Crippen molar-refractivity contribution in [1.29, 1.82) is 0 Å². The van der Waals surface area contributed by atoms with E-state index in [4.69, 9.17) is 5.84 Å². The Morgan fingerprint density at radius 3 is 2.68 bits per heavy atom. The second-order valence-electron chi connectivity index (χ2n) is 4.31. The third kappa shape index (κ3) is 3.41. The summed E-state index contributed by atoms with van der Waals surface area (Å²) in [4.78, 5) is 10.1. The van der Waals surface area contributed by atoms with Crippen LogP contribution in [0.1, 0.15) is 19.3 Å². The number of rotatable bonds is 7. The van der Waals surface area contributed by atoms with Gasteiger partial charge in [0.15, 0.2) is 5.00 Å². The zero-order chi connectivity index (χ0) is 14.0. The van der Waals surface area contributed by atoms with Crippen molar-refractivity contribution in [3.8, 4) is 0 Å². The molecule has 1 heterocycles. The lowest BCUT2D eigenvalue weighted by Gasteiger charge is -2.02. The molecular weight excluding hydrogens is 292 g/mol. The first-order valence-corrected chi connectivity index (χ1v) is 7.98. The van der Waals surface area contributed by atoms with Crippen LogP contribution in [0.25, 0.3) is 0 Å². The van der Waals surface area contributed by atoms with Crippen LogP contribution in [0.3, 0.4) is 0 Å². The molecule has 1 aromatic heterocycles. The highest BCUT2D eigenvalue weighted by molar-refractivity contribution is 7.91. The quantitative estimate of drug-likeness (QED) is 0.392. The maximum atomic E-state index is 11.9. The Bertz CT molecular complexity index is 579. The lowest BCUT2D eigenvalue weighted by atomic mass is 10.3. The highest BCUT2D eigenvalue weighted by Gasteiger charge is 2.26. The number of hydrazine groups is 1. The molecule has 0 amide bonds. The van der Waals surface area contributed by atoms with E-state index in [0.717, 1.165) is 36.7 Å². The number of hydrogen-bond donors (Lipinski definition) is 3. The number of sulfonamides is 1. The molecule has 19 heavy (non-hydrogen) atoms. The van der Waals surface area contributed by atoms with Gasteiger partial charge in [-0.1, -0.05) is 24.2 Å². The van der Waals surface area contributed by atoms with Crippen molar-refractivity contribution >= 4 is 32.0 Å². The number of nitrogens with one attached hydrogen (secondary N) is 2. The van der Waals surface area contributed by atoms with E-state index < -0.39 is 14.9 Å². The summed E-state index contributed by atoms with van der Waals surface area (Å²) in [5, 5.41) is 10.8. The molecule has 8 nitrogen and oxygen atoms in total. The van der Waals surface area contributed by atoms with Gasteiger partial charge in [0.1, 0.15) is 4.21 Å². The van der Waals surface area contributed by atoms with Crippen LogP contribution in [0.15, 0.2) is 10.3 Å². The highest BCUT2D eigenvalue weighted by Crippen LogP contribution is 2.36. The van der Waals surface area contributed by atoms with Gasteiger partial charge in [-0.3, -0.25) is 10.1 Å². The second kappa shape index (κ2) is 5.41. The molecule has 1 aromatic rings. The number of nitrogens with zero attached hydrogens (tertiary/aromatic N) is 1. The summed E-state index contributed by atoms with van der Waals surface area (Å²) in [6.07, 6.45) is 3.09. The van der Waals surface area contributed by atoms with E-state index in [1.165, 1.54) is 0 Å². The first-order chi connectivity index (χ1) is 8.94. The fourth-order valence-corrected chi connectivity index (χ4v) is 3.94. The van der Waals surface area contributed by atoms with Crippen molar-refractivity contribution in [1.82, 2.24) is 4.72 Å². The lowest BCUT2D eigenvalue weighted by Crippen LogP contribution is -2.24. The van der Waals surface area contributed by atoms with Crippen molar-refractivity contribution in [2.45, 2.75) is 23.5 Å². The van der Waals surface area contributed by atoms with Gasteiger partial charge in [-0.15, -0.1) is 0 Å². The Labute approximate surface area is 114 Å². The molecule has 1 aliphatic carbocycles. The average molecular weight is 306 g/mol. The van der Waals surface area contributed by atoms with Gasteiger partial charge in [0.25, 0.3) is 0 Å². The number of hydrogen-bond acceptors (Lipinski definition) is 7. The largest absolute Gasteiger partial charge is 0.310 e. The minimum absolute atomic E-state index is 0.0209. The lowest BCUT2D eigenvalue weighted by molar-refractivity contribution is -0.383. The Kier molecular flexibility index (Phi) is 4.04. The Balaban J connectivity index is 2.12. The molecular formula is C9H14N4O4S2. The SMILES string of the molecule is NNc1sc(S(=O)(=O)NCCC2CC2)cc1[N+](=O)[O-]. The fraction of sp³-hybridized carbons (Fsp3) is 0.556. The molecule has 0 aromatic carbocycles. The molecule has 0 spiro atoms. The second-order valence-corrected chi connectivity index (χ2v) is 7.36. The molecule has 0 atom stereocenters. The van der Waals surface area contributed by atoms with Gasteiger partial charge in [-0.25, -0.2) is 19.0 Å². The maximum Gasteiger partial charge on any atom is 0.306 e. The smallest absolute Gasteiger partial charge is 0.306 e. The first-order valence-electron chi connectivity index (χ1n) is 5.68. The van der Waals surface area contributed by atoms with E-state index in [1.54, 1.807) is 0 Å². The standard InChI is InChI=1S/C9H14N4O4S2/c10-12-9-7(13(14)15)5-8(18-9)19(16,17)11-4-3-6-1-2-6/h5-6,11-12H,1-4,10H2. The highest BCUT2D eigenvalue weighted by atomic mass is 32.2. The molecule has 106 valence electrons. The summed E-state index contributed by atoms with van der Waals surface area (Å²) >= 11 is 0.741. The van der Waals surface area contributed by atoms with Crippen LogP contribution in [-0.2, 0) is 10.0 Å². The van der Waals surface area contributed by atoms with Crippen molar-refractivity contribution < 1.29 is 13.3 Å². The minimum Gasteiger partial charge on any atom is -0.310 e. The summed E-state index contributed by atoms with van der Waals surface area (Å²) in [7, 11) is -3.70. The van der Waals surface area contributed by atoms with E-state index in [0.29, 0.717) is 12.5 Å². The van der Waals surface area contributed by atoms with Crippen LogP contribution in [0, 0.1) is 16.0 Å². The molecule has 1 fully saturated rings. The van der Waals surface area contributed by atoms with Gasteiger partial charge in [0, 0.05) is 12.6 Å². The van der Waals surface area contributed by atoms with Gasteiger partial charge in [-0.2, -0.15) is 0 Å². The van der Waals surface area contributed by atoms with Crippen molar-refractivity contribution in [3.05, 3.63) is 16.2 Å². The zero-order valence-electron chi connectivity index (χ0n) is 9.96. The van der Waals surface area contributed by atoms with Crippen molar-refractivity contribution in [2.75, 3.05) is 12.0 Å². The minimum atomic E-state index is -3.70. The molecule has 0 bridgehead atoms. The van der Waals surface area contributed by atoms with Crippen molar-refractivity contribution in [2.24, 2.45) is 11.8 Å². The summed E-state index contributed by atoms with van der Waals surface area (Å²) in [6, 6.07) is 1.01. The Morgan fingerprint density at radius 2 is 2.21 bits per heavy atom. The van der Waals surface area contributed by atoms with E-state index in [-0.39, 0.29) is 14.9 Å². The number of thiophene rings is 1. The van der Waals surface area contributed by atoms with Crippen LogP contribution in [0.4, 0.5) is 10.7 Å². The molecule has 1 saturated carbocycles. The van der Waals surface area contributed by atoms with E-state index in [9.17, 15) is 18.5 Å². The Morgan fingerprint density at radius 1 is 1.53 bits per heavy atom. The average Bonchev–Trinajstić information content (AvgIpc) is 3.04. The molecule has 1 aliphatic rings. The monoisotopic (exact) mass is 306 g/mol. The zero-order valence-corrected chi connectivity index (χ0v) is 11.6. The predicted octanol–water partition coefficient (Wildman–Crippen LogP) is 1.02. The van der Waals surface area contributed by atoms with Crippen LogP contribution in [-0.4, -0.2) is 19.9 Å². The first kappa shape index (κ1) is 14.2. The van der Waals surface area contributed by atoms with Crippen LogP contribution in [0.5, 0.6) is 0 Å². The molecule has 0 aliphatic heterocycles. The summed E-state index contributed by atoms with van der Waals surface area (Å²) in [6.45, 7) is 0.351. The van der Waals surface area contributed by atoms with Crippen LogP contribution < -0.4 is 16.0 Å². The number of nitrogens with two attached hydrogens (primary N) is 1. The van der Waals surface area contributed by atoms with Gasteiger partial charge in [-0.05, 0) is 12.3 Å². The molecule has 4 N–H and O–H groups in total. The normalized spacial score (nSPS) is 15.4. The van der Waals surface area contributed by atoms with Gasteiger partial charge >= 0.3 is 5.69 Å². The molecule has 0 saturated heterocycles. The number of anilines is 1. The maximum absolute atomic E-state index is 11.9. The molecule has 10 heteroatoms. The summed E-state index contributed by atoms with van der Waals surface area (Å²) < 4.78 is 26.2. The Hall–Kier alpha value is -1.23. The van der Waals surface area contributed by atoms with E-state index >= 15 is 0 Å². The van der Waals surface area contributed by atoms with Crippen molar-refractivity contribution in [3.63, 3.8) is 0 Å².